The number of aryl methyl sites for hydroxylation is 2. The van der Waals surface area contributed by atoms with Crippen LogP contribution in [0.1, 0.15) is 41.3 Å². The Morgan fingerprint density at radius 1 is 1.11 bits per heavy atom. The van der Waals surface area contributed by atoms with Crippen LogP contribution in [0.4, 0.5) is 5.69 Å². The van der Waals surface area contributed by atoms with Crippen LogP contribution in [0.15, 0.2) is 42.5 Å². The summed E-state index contributed by atoms with van der Waals surface area (Å²) in [6.45, 7) is 8.12. The molecule has 0 spiro atoms. The third kappa shape index (κ3) is 3.24. The van der Waals surface area contributed by atoms with Gasteiger partial charge in [-0.2, -0.15) is 0 Å². The van der Waals surface area contributed by atoms with E-state index in [2.05, 4.69) is 43.9 Å². The SMILES string of the molecule is Cc1ccc(-c2nc3ccccc3c(C(=O)O)c2N2CCC(C)CC2)c(C)c1. The van der Waals surface area contributed by atoms with Crippen molar-refractivity contribution in [3.63, 3.8) is 0 Å². The Morgan fingerprint density at radius 3 is 2.50 bits per heavy atom. The van der Waals surface area contributed by atoms with E-state index in [4.69, 9.17) is 4.98 Å². The number of carboxylic acid groups (broad SMARTS) is 1. The fraction of sp³-hybridized carbons (Fsp3) is 0.333. The minimum Gasteiger partial charge on any atom is -0.478 e. The van der Waals surface area contributed by atoms with Gasteiger partial charge < -0.3 is 10.0 Å². The van der Waals surface area contributed by atoms with Crippen LogP contribution in [0.3, 0.4) is 0 Å². The molecule has 1 saturated heterocycles. The van der Waals surface area contributed by atoms with E-state index in [0.717, 1.165) is 54.0 Å². The van der Waals surface area contributed by atoms with E-state index < -0.39 is 5.97 Å². The van der Waals surface area contributed by atoms with Crippen molar-refractivity contribution in [2.24, 2.45) is 5.92 Å². The molecule has 0 saturated carbocycles. The number of pyridine rings is 1. The number of carboxylic acids is 1. The van der Waals surface area contributed by atoms with Crippen LogP contribution in [0, 0.1) is 19.8 Å². The zero-order valence-electron chi connectivity index (χ0n) is 16.7. The summed E-state index contributed by atoms with van der Waals surface area (Å²) in [5, 5.41) is 10.9. The van der Waals surface area contributed by atoms with Gasteiger partial charge in [0.2, 0.25) is 0 Å². The van der Waals surface area contributed by atoms with E-state index in [1.807, 2.05) is 24.3 Å². The summed E-state index contributed by atoms with van der Waals surface area (Å²) in [4.78, 5) is 19.6. The zero-order chi connectivity index (χ0) is 19.8. The second-order valence-electron chi connectivity index (χ2n) is 7.99. The lowest BCUT2D eigenvalue weighted by Crippen LogP contribution is -2.34. The number of hydrogen-bond donors (Lipinski definition) is 1. The van der Waals surface area contributed by atoms with E-state index in [0.29, 0.717) is 16.9 Å². The number of carbonyl (C=O) groups is 1. The molecular weight excluding hydrogens is 348 g/mol. The van der Waals surface area contributed by atoms with E-state index >= 15 is 0 Å². The van der Waals surface area contributed by atoms with E-state index in [1.165, 1.54) is 5.56 Å². The Hall–Kier alpha value is -2.88. The first-order valence-corrected chi connectivity index (χ1v) is 9.94. The molecule has 1 aliphatic rings. The van der Waals surface area contributed by atoms with Gasteiger partial charge in [-0.3, -0.25) is 0 Å². The highest BCUT2D eigenvalue weighted by Crippen LogP contribution is 2.40. The molecule has 0 radical (unpaired) electrons. The summed E-state index contributed by atoms with van der Waals surface area (Å²) in [6, 6.07) is 13.8. The van der Waals surface area contributed by atoms with Crippen molar-refractivity contribution < 1.29 is 9.90 Å². The van der Waals surface area contributed by atoms with Crippen molar-refractivity contribution in [2.45, 2.75) is 33.6 Å². The van der Waals surface area contributed by atoms with Crippen LogP contribution in [-0.4, -0.2) is 29.1 Å². The smallest absolute Gasteiger partial charge is 0.338 e. The van der Waals surface area contributed by atoms with Crippen molar-refractivity contribution in [2.75, 3.05) is 18.0 Å². The average Bonchev–Trinajstić information content (AvgIpc) is 2.67. The summed E-state index contributed by atoms with van der Waals surface area (Å²) in [7, 11) is 0. The maximum Gasteiger partial charge on any atom is 0.338 e. The molecule has 0 bridgehead atoms. The van der Waals surface area contributed by atoms with Gasteiger partial charge in [-0.1, -0.05) is 48.9 Å². The summed E-state index contributed by atoms with van der Waals surface area (Å²) >= 11 is 0. The van der Waals surface area contributed by atoms with Gasteiger partial charge in [0.25, 0.3) is 0 Å². The second kappa shape index (κ2) is 7.27. The quantitative estimate of drug-likeness (QED) is 0.662. The topological polar surface area (TPSA) is 53.4 Å². The van der Waals surface area contributed by atoms with Crippen LogP contribution < -0.4 is 4.90 Å². The Kier molecular flexibility index (Phi) is 4.80. The first-order valence-electron chi connectivity index (χ1n) is 9.94. The van der Waals surface area contributed by atoms with Crippen molar-refractivity contribution in [1.82, 2.24) is 4.98 Å². The Labute approximate surface area is 165 Å². The Balaban J connectivity index is 2.04. The fourth-order valence-electron chi connectivity index (χ4n) is 4.23. The third-order valence-corrected chi connectivity index (χ3v) is 5.82. The molecule has 1 aromatic heterocycles. The summed E-state index contributed by atoms with van der Waals surface area (Å²) < 4.78 is 0. The lowest BCUT2D eigenvalue weighted by atomic mass is 9.93. The van der Waals surface area contributed by atoms with Gasteiger partial charge in [0.15, 0.2) is 0 Å². The number of nitrogens with zero attached hydrogens (tertiary/aromatic N) is 2. The monoisotopic (exact) mass is 374 g/mol. The number of rotatable bonds is 3. The highest BCUT2D eigenvalue weighted by Gasteiger charge is 2.28. The highest BCUT2D eigenvalue weighted by molar-refractivity contribution is 6.10. The van der Waals surface area contributed by atoms with Gasteiger partial charge in [0.1, 0.15) is 0 Å². The molecule has 28 heavy (non-hydrogen) atoms. The van der Waals surface area contributed by atoms with E-state index in [-0.39, 0.29) is 0 Å². The van der Waals surface area contributed by atoms with Crippen molar-refractivity contribution in [3.05, 3.63) is 59.2 Å². The number of para-hydroxylation sites is 1. The zero-order valence-corrected chi connectivity index (χ0v) is 16.7. The number of anilines is 1. The van der Waals surface area contributed by atoms with Crippen molar-refractivity contribution in [3.8, 4) is 11.3 Å². The molecule has 4 heteroatoms. The number of hydrogen-bond acceptors (Lipinski definition) is 3. The minimum atomic E-state index is -0.891. The molecule has 3 aromatic rings. The van der Waals surface area contributed by atoms with Gasteiger partial charge >= 0.3 is 5.97 Å². The summed E-state index contributed by atoms with van der Waals surface area (Å²) in [6.07, 6.45) is 2.14. The minimum absolute atomic E-state index is 0.370. The van der Waals surface area contributed by atoms with Gasteiger partial charge in [-0.15, -0.1) is 0 Å². The lowest BCUT2D eigenvalue weighted by Gasteiger charge is -2.34. The largest absolute Gasteiger partial charge is 0.478 e. The standard InChI is InChI=1S/C24H26N2O2/c1-15-10-12-26(13-11-15)23-21(24(27)28)19-6-4-5-7-20(19)25-22(23)18-9-8-16(2)14-17(18)3/h4-9,14-15H,10-13H2,1-3H3,(H,27,28). The number of fused-ring (bicyclic) bond motifs is 1. The van der Waals surface area contributed by atoms with Crippen molar-refractivity contribution >= 4 is 22.6 Å². The van der Waals surface area contributed by atoms with Gasteiger partial charge in [0, 0.05) is 24.0 Å². The van der Waals surface area contributed by atoms with Crippen molar-refractivity contribution in [1.29, 1.82) is 0 Å². The predicted molar refractivity (Wildman–Crippen MR) is 114 cm³/mol. The molecule has 2 aromatic carbocycles. The lowest BCUT2D eigenvalue weighted by molar-refractivity contribution is 0.0699. The predicted octanol–water partition coefficient (Wildman–Crippen LogP) is 5.45. The molecule has 1 N–H and O–H groups in total. The number of aromatic nitrogens is 1. The highest BCUT2D eigenvalue weighted by atomic mass is 16.4. The van der Waals surface area contributed by atoms with Crippen LogP contribution in [-0.2, 0) is 0 Å². The van der Waals surface area contributed by atoms with Crippen LogP contribution in [0.25, 0.3) is 22.2 Å². The number of benzene rings is 2. The number of piperidine rings is 1. The third-order valence-electron chi connectivity index (χ3n) is 5.82. The second-order valence-corrected chi connectivity index (χ2v) is 7.99. The van der Waals surface area contributed by atoms with Crippen LogP contribution in [0.5, 0.6) is 0 Å². The van der Waals surface area contributed by atoms with E-state index in [9.17, 15) is 9.90 Å². The maximum absolute atomic E-state index is 12.4. The van der Waals surface area contributed by atoms with Gasteiger partial charge in [-0.05, 0) is 44.2 Å². The molecule has 4 nitrogen and oxygen atoms in total. The van der Waals surface area contributed by atoms with Crippen LogP contribution in [0.2, 0.25) is 0 Å². The van der Waals surface area contributed by atoms with Gasteiger partial charge in [0.05, 0.1) is 22.5 Å². The molecule has 2 heterocycles. The number of aromatic carboxylic acids is 1. The average molecular weight is 374 g/mol. The molecule has 4 rings (SSSR count). The molecule has 1 fully saturated rings. The molecular formula is C24H26N2O2. The van der Waals surface area contributed by atoms with Crippen LogP contribution >= 0.6 is 0 Å². The molecule has 0 atom stereocenters. The fourth-order valence-corrected chi connectivity index (χ4v) is 4.23. The summed E-state index contributed by atoms with van der Waals surface area (Å²) in [5.74, 6) is -0.222. The maximum atomic E-state index is 12.4. The normalized spacial score (nSPS) is 15.2. The summed E-state index contributed by atoms with van der Waals surface area (Å²) in [5.41, 5.74) is 5.96. The molecule has 1 aliphatic heterocycles. The first kappa shape index (κ1) is 18.5. The van der Waals surface area contributed by atoms with Gasteiger partial charge in [-0.25, -0.2) is 9.78 Å². The Morgan fingerprint density at radius 2 is 1.82 bits per heavy atom. The molecule has 0 unspecified atom stereocenters. The molecule has 144 valence electrons. The Bertz CT molecular complexity index is 1050. The molecule has 0 aliphatic carbocycles. The first-order chi connectivity index (χ1) is 13.5. The van der Waals surface area contributed by atoms with E-state index in [1.54, 1.807) is 0 Å². The molecule has 0 amide bonds.